The third-order valence-electron chi connectivity index (χ3n) is 3.87. The van der Waals surface area contributed by atoms with Crippen LogP contribution < -0.4 is 5.32 Å². The number of carbonyl (C=O) groups excluding carboxylic acids is 1. The van der Waals surface area contributed by atoms with Gasteiger partial charge in [-0.1, -0.05) is 13.0 Å². The van der Waals surface area contributed by atoms with Crippen molar-refractivity contribution >= 4 is 29.4 Å². The van der Waals surface area contributed by atoms with Crippen molar-refractivity contribution in [2.24, 2.45) is 0 Å². The van der Waals surface area contributed by atoms with E-state index in [9.17, 15) is 9.59 Å². The van der Waals surface area contributed by atoms with Crippen LogP contribution in [0.3, 0.4) is 0 Å². The van der Waals surface area contributed by atoms with Gasteiger partial charge in [-0.05, 0) is 31.5 Å². The molecule has 0 aliphatic carbocycles. The number of nitrogens with zero attached hydrogens (tertiary/aromatic N) is 1. The number of nitrogens with one attached hydrogen (secondary N) is 1. The lowest BCUT2D eigenvalue weighted by Gasteiger charge is -2.37. The van der Waals surface area contributed by atoms with Crippen molar-refractivity contribution in [3.05, 3.63) is 29.3 Å². The summed E-state index contributed by atoms with van der Waals surface area (Å²) in [5, 5.41) is 12.3. The molecule has 0 radical (unpaired) electrons. The second kappa shape index (κ2) is 6.39. The molecule has 2 rings (SSSR count). The van der Waals surface area contributed by atoms with E-state index in [-0.39, 0.29) is 17.6 Å². The Balaban J connectivity index is 2.15. The number of aryl methyl sites for hydroxylation is 1. The summed E-state index contributed by atoms with van der Waals surface area (Å²) >= 11 is 1.86. The number of hydrogen-bond acceptors (Lipinski definition) is 3. The highest BCUT2D eigenvalue weighted by molar-refractivity contribution is 8.00. The third kappa shape index (κ3) is 3.50. The number of urea groups is 1. The van der Waals surface area contributed by atoms with E-state index in [1.807, 2.05) is 30.5 Å². The zero-order chi connectivity index (χ0) is 15.6. The molecule has 0 bridgehead atoms. The van der Waals surface area contributed by atoms with E-state index in [2.05, 4.69) is 12.2 Å². The van der Waals surface area contributed by atoms with Crippen LogP contribution in [0.4, 0.5) is 10.5 Å². The number of aromatic carboxylic acids is 1. The Bertz CT molecular complexity index is 562. The molecule has 5 nitrogen and oxygen atoms in total. The molecule has 21 heavy (non-hydrogen) atoms. The highest BCUT2D eigenvalue weighted by Gasteiger charge is 2.29. The molecule has 114 valence electrons. The summed E-state index contributed by atoms with van der Waals surface area (Å²) < 4.78 is 0. The van der Waals surface area contributed by atoms with E-state index in [0.29, 0.717) is 17.5 Å². The van der Waals surface area contributed by atoms with Crippen LogP contribution in [0.1, 0.15) is 29.8 Å². The smallest absolute Gasteiger partial charge is 0.335 e. The van der Waals surface area contributed by atoms with Crippen molar-refractivity contribution in [2.75, 3.05) is 17.6 Å². The van der Waals surface area contributed by atoms with Gasteiger partial charge in [0.2, 0.25) is 0 Å². The largest absolute Gasteiger partial charge is 0.478 e. The van der Waals surface area contributed by atoms with E-state index >= 15 is 0 Å². The minimum atomic E-state index is -0.998. The van der Waals surface area contributed by atoms with Gasteiger partial charge < -0.3 is 15.3 Å². The van der Waals surface area contributed by atoms with Crippen LogP contribution in [0.2, 0.25) is 0 Å². The maximum absolute atomic E-state index is 12.4. The summed E-state index contributed by atoms with van der Waals surface area (Å²) in [5.41, 5.74) is 1.57. The third-order valence-corrected chi connectivity index (χ3v) is 5.21. The molecule has 1 heterocycles. The number of carboxylic acids is 1. The molecule has 1 saturated heterocycles. The van der Waals surface area contributed by atoms with E-state index in [4.69, 9.17) is 5.11 Å². The number of thioether (sulfide) groups is 1. The topological polar surface area (TPSA) is 69.6 Å². The van der Waals surface area contributed by atoms with E-state index in [1.165, 1.54) is 12.1 Å². The van der Waals surface area contributed by atoms with Crippen molar-refractivity contribution in [1.29, 1.82) is 0 Å². The van der Waals surface area contributed by atoms with Crippen LogP contribution in [0.15, 0.2) is 18.2 Å². The van der Waals surface area contributed by atoms with Crippen LogP contribution in [0.25, 0.3) is 0 Å². The monoisotopic (exact) mass is 308 g/mol. The van der Waals surface area contributed by atoms with Crippen molar-refractivity contribution in [3.63, 3.8) is 0 Å². The zero-order valence-electron chi connectivity index (χ0n) is 12.4. The zero-order valence-corrected chi connectivity index (χ0v) is 13.2. The van der Waals surface area contributed by atoms with Crippen LogP contribution >= 0.6 is 11.8 Å². The summed E-state index contributed by atoms with van der Waals surface area (Å²) in [4.78, 5) is 25.2. The lowest BCUT2D eigenvalue weighted by atomic mass is 10.1. The Kier molecular flexibility index (Phi) is 4.77. The average Bonchev–Trinajstić information content (AvgIpc) is 2.43. The summed E-state index contributed by atoms with van der Waals surface area (Å²) in [6.45, 7) is 6.71. The standard InChI is InChI=1S/C15H20N2O3S/c1-9-4-5-12(14(18)19)8-13(9)16-15(20)17-6-7-21-11(3)10(17)2/h4-5,8,10-11H,6-7H2,1-3H3,(H,16,20)(H,18,19). The van der Waals surface area contributed by atoms with Gasteiger partial charge in [-0.25, -0.2) is 9.59 Å². The molecule has 1 aromatic rings. The molecule has 1 aromatic carbocycles. The van der Waals surface area contributed by atoms with Gasteiger partial charge >= 0.3 is 12.0 Å². The molecule has 2 amide bonds. The summed E-state index contributed by atoms with van der Waals surface area (Å²) in [6.07, 6.45) is 0. The van der Waals surface area contributed by atoms with Gasteiger partial charge in [-0.15, -0.1) is 0 Å². The minimum absolute atomic E-state index is 0.159. The molecular weight excluding hydrogens is 288 g/mol. The Hall–Kier alpha value is -1.69. The predicted octanol–water partition coefficient (Wildman–Crippen LogP) is 3.05. The number of anilines is 1. The number of carboxylic acid groups (broad SMARTS) is 1. The first-order valence-electron chi connectivity index (χ1n) is 6.93. The fourth-order valence-electron chi connectivity index (χ4n) is 2.30. The van der Waals surface area contributed by atoms with Crippen LogP contribution in [0, 0.1) is 6.92 Å². The number of carbonyl (C=O) groups is 2. The summed E-state index contributed by atoms with van der Waals surface area (Å²) in [7, 11) is 0. The van der Waals surface area contributed by atoms with Crippen LogP contribution in [0.5, 0.6) is 0 Å². The average molecular weight is 308 g/mol. The Morgan fingerprint density at radius 3 is 2.76 bits per heavy atom. The second-order valence-corrected chi connectivity index (χ2v) is 6.76. The maximum atomic E-state index is 12.4. The van der Waals surface area contributed by atoms with Gasteiger partial charge in [0.25, 0.3) is 0 Å². The molecule has 6 heteroatoms. The molecular formula is C15H20N2O3S. The Labute approximate surface area is 128 Å². The molecule has 1 aliphatic rings. The van der Waals surface area contributed by atoms with Gasteiger partial charge in [-0.2, -0.15) is 11.8 Å². The number of hydrogen-bond donors (Lipinski definition) is 2. The summed E-state index contributed by atoms with van der Waals surface area (Å²) in [5.74, 6) is -0.0746. The van der Waals surface area contributed by atoms with Crippen molar-refractivity contribution in [1.82, 2.24) is 4.90 Å². The molecule has 2 unspecified atom stereocenters. The lowest BCUT2D eigenvalue weighted by Crippen LogP contribution is -2.49. The highest BCUT2D eigenvalue weighted by atomic mass is 32.2. The van der Waals surface area contributed by atoms with Gasteiger partial charge in [0.15, 0.2) is 0 Å². The summed E-state index contributed by atoms with van der Waals surface area (Å²) in [6, 6.07) is 4.74. The molecule has 1 fully saturated rings. The first-order valence-corrected chi connectivity index (χ1v) is 7.98. The number of amides is 2. The quantitative estimate of drug-likeness (QED) is 0.881. The molecule has 0 spiro atoms. The first-order chi connectivity index (χ1) is 9.90. The first kappa shape index (κ1) is 15.7. The fourth-order valence-corrected chi connectivity index (χ4v) is 3.40. The lowest BCUT2D eigenvalue weighted by molar-refractivity contribution is 0.0697. The van der Waals surface area contributed by atoms with Crippen molar-refractivity contribution < 1.29 is 14.7 Å². The van der Waals surface area contributed by atoms with Crippen LogP contribution in [-0.4, -0.2) is 45.6 Å². The Morgan fingerprint density at radius 1 is 1.38 bits per heavy atom. The van der Waals surface area contributed by atoms with Gasteiger partial charge in [0, 0.05) is 29.3 Å². The van der Waals surface area contributed by atoms with E-state index in [0.717, 1.165) is 11.3 Å². The van der Waals surface area contributed by atoms with Crippen LogP contribution in [-0.2, 0) is 0 Å². The van der Waals surface area contributed by atoms with E-state index in [1.54, 1.807) is 6.07 Å². The Morgan fingerprint density at radius 2 is 2.10 bits per heavy atom. The predicted molar refractivity (Wildman–Crippen MR) is 85.2 cm³/mol. The molecule has 2 N–H and O–H groups in total. The van der Waals surface area contributed by atoms with Crippen molar-refractivity contribution in [2.45, 2.75) is 32.1 Å². The molecule has 2 atom stereocenters. The highest BCUT2D eigenvalue weighted by Crippen LogP contribution is 2.25. The molecule has 0 aromatic heterocycles. The van der Waals surface area contributed by atoms with Gasteiger partial charge in [0.1, 0.15) is 0 Å². The van der Waals surface area contributed by atoms with Gasteiger partial charge in [-0.3, -0.25) is 0 Å². The second-order valence-electron chi connectivity index (χ2n) is 5.27. The number of benzene rings is 1. The molecule has 1 aliphatic heterocycles. The fraction of sp³-hybridized carbons (Fsp3) is 0.467. The normalized spacial score (nSPS) is 22.0. The van der Waals surface area contributed by atoms with Crippen molar-refractivity contribution in [3.8, 4) is 0 Å². The number of rotatable bonds is 2. The minimum Gasteiger partial charge on any atom is -0.478 e. The van der Waals surface area contributed by atoms with Gasteiger partial charge in [0.05, 0.1) is 5.56 Å². The maximum Gasteiger partial charge on any atom is 0.335 e. The molecule has 0 saturated carbocycles. The SMILES string of the molecule is Cc1ccc(C(=O)O)cc1NC(=O)N1CCSC(C)C1C. The van der Waals surface area contributed by atoms with E-state index < -0.39 is 5.97 Å².